The third kappa shape index (κ3) is 3.61. The van der Waals surface area contributed by atoms with Crippen LogP contribution in [0.5, 0.6) is 0 Å². The predicted octanol–water partition coefficient (Wildman–Crippen LogP) is 3.81. The second kappa shape index (κ2) is 7.20. The van der Waals surface area contributed by atoms with E-state index >= 15 is 0 Å². The Morgan fingerprint density at radius 3 is 2.66 bits per heavy atom. The number of hydrogen-bond donors (Lipinski definition) is 0. The van der Waals surface area contributed by atoms with Crippen LogP contribution in [0.1, 0.15) is 43.5 Å². The molecular weight excluding hydrogens is 383 g/mol. The van der Waals surface area contributed by atoms with Gasteiger partial charge in [0.25, 0.3) is 0 Å². The van der Waals surface area contributed by atoms with E-state index in [4.69, 9.17) is 0 Å². The highest BCUT2D eigenvalue weighted by molar-refractivity contribution is 5.85. The van der Waals surface area contributed by atoms with Crippen LogP contribution in [0.15, 0.2) is 30.5 Å². The van der Waals surface area contributed by atoms with E-state index in [1.54, 1.807) is 4.90 Å². The van der Waals surface area contributed by atoms with Gasteiger partial charge in [0.15, 0.2) is 5.82 Å². The maximum atomic E-state index is 13.0. The minimum Gasteiger partial charge on any atom is -0.345 e. The molecule has 154 valence electrons. The Morgan fingerprint density at radius 2 is 1.93 bits per heavy atom. The molecule has 0 fully saturated rings. The number of fused-ring (bicyclic) bond motifs is 2. The Balaban J connectivity index is 1.46. The van der Waals surface area contributed by atoms with Crippen molar-refractivity contribution in [3.8, 4) is 0 Å². The van der Waals surface area contributed by atoms with Gasteiger partial charge >= 0.3 is 6.18 Å². The van der Waals surface area contributed by atoms with E-state index in [9.17, 15) is 18.0 Å². The van der Waals surface area contributed by atoms with E-state index in [0.29, 0.717) is 18.9 Å². The molecule has 0 saturated heterocycles. The van der Waals surface area contributed by atoms with Gasteiger partial charge in [-0.25, -0.2) is 0 Å². The number of para-hydroxylation sites is 1. The first-order chi connectivity index (χ1) is 13.8. The molecule has 2 aromatic heterocycles. The summed E-state index contributed by atoms with van der Waals surface area (Å²) in [6, 6.07) is 8.40. The maximum Gasteiger partial charge on any atom is 0.451 e. The zero-order valence-electron chi connectivity index (χ0n) is 16.3. The molecule has 0 N–H and O–H groups in total. The van der Waals surface area contributed by atoms with Crippen LogP contribution >= 0.6 is 0 Å². The van der Waals surface area contributed by atoms with Gasteiger partial charge in [-0.05, 0) is 31.9 Å². The lowest BCUT2D eigenvalue weighted by Crippen LogP contribution is -2.39. The van der Waals surface area contributed by atoms with E-state index in [1.165, 1.54) is 0 Å². The van der Waals surface area contributed by atoms with Crippen LogP contribution in [-0.4, -0.2) is 36.7 Å². The zero-order chi connectivity index (χ0) is 20.8. The van der Waals surface area contributed by atoms with Gasteiger partial charge in [0, 0.05) is 42.7 Å². The molecule has 9 heteroatoms. The molecule has 6 nitrogen and oxygen atoms in total. The standard InChI is InChI=1S/C20H22F3N5O/c1-13(2)28-11-14(15-5-3-4-6-16(15)28)7-8-18(29)26-9-10-27-17(12-26)24-25-19(27)20(21,22)23/h3-6,11,13H,7-10,12H2,1-2H3. The summed E-state index contributed by atoms with van der Waals surface area (Å²) in [7, 11) is 0. The topological polar surface area (TPSA) is 56.0 Å². The van der Waals surface area contributed by atoms with Gasteiger partial charge in [-0.3, -0.25) is 4.79 Å². The van der Waals surface area contributed by atoms with Crippen LogP contribution in [0.2, 0.25) is 0 Å². The highest BCUT2D eigenvalue weighted by atomic mass is 19.4. The number of rotatable bonds is 4. The molecular formula is C20H22F3N5O. The summed E-state index contributed by atoms with van der Waals surface area (Å²) in [6.45, 7) is 4.55. The van der Waals surface area contributed by atoms with Crippen molar-refractivity contribution < 1.29 is 18.0 Å². The highest BCUT2D eigenvalue weighted by Crippen LogP contribution is 2.30. The average molecular weight is 405 g/mol. The van der Waals surface area contributed by atoms with Crippen molar-refractivity contribution >= 4 is 16.8 Å². The number of alkyl halides is 3. The molecule has 1 aromatic carbocycles. The molecule has 0 unspecified atom stereocenters. The summed E-state index contributed by atoms with van der Waals surface area (Å²) in [4.78, 5) is 14.3. The second-order valence-corrected chi connectivity index (χ2v) is 7.58. The van der Waals surface area contributed by atoms with E-state index in [0.717, 1.165) is 21.0 Å². The summed E-state index contributed by atoms with van der Waals surface area (Å²) < 4.78 is 42.1. The van der Waals surface area contributed by atoms with Crippen LogP contribution in [0.3, 0.4) is 0 Å². The van der Waals surface area contributed by atoms with E-state index < -0.39 is 12.0 Å². The van der Waals surface area contributed by atoms with E-state index in [1.807, 2.05) is 12.1 Å². The van der Waals surface area contributed by atoms with Crippen LogP contribution in [0.25, 0.3) is 10.9 Å². The molecule has 0 aliphatic carbocycles. The fourth-order valence-corrected chi connectivity index (χ4v) is 3.88. The number of halogens is 3. The Kier molecular flexibility index (Phi) is 4.84. The van der Waals surface area contributed by atoms with Crippen molar-refractivity contribution in [1.29, 1.82) is 0 Å². The number of carbonyl (C=O) groups excluding carboxylic acids is 1. The minimum atomic E-state index is -4.54. The van der Waals surface area contributed by atoms with Crippen LogP contribution < -0.4 is 0 Å². The number of carbonyl (C=O) groups is 1. The summed E-state index contributed by atoms with van der Waals surface area (Å²) in [5.74, 6) is -0.913. The first-order valence-electron chi connectivity index (χ1n) is 9.61. The fraction of sp³-hybridized carbons (Fsp3) is 0.450. The van der Waals surface area contributed by atoms with Gasteiger partial charge in [-0.2, -0.15) is 13.2 Å². The highest BCUT2D eigenvalue weighted by Gasteiger charge is 2.39. The average Bonchev–Trinajstić information content (AvgIpc) is 3.27. The van der Waals surface area contributed by atoms with Gasteiger partial charge in [0.1, 0.15) is 0 Å². The minimum absolute atomic E-state index is 0.0512. The lowest BCUT2D eigenvalue weighted by molar-refractivity contribution is -0.148. The normalized spacial score (nSPS) is 14.6. The fourth-order valence-electron chi connectivity index (χ4n) is 3.88. The number of aromatic nitrogens is 4. The Bertz CT molecular complexity index is 1050. The molecule has 0 bridgehead atoms. The third-order valence-electron chi connectivity index (χ3n) is 5.35. The molecule has 4 rings (SSSR count). The number of hydrogen-bond acceptors (Lipinski definition) is 3. The number of aryl methyl sites for hydroxylation is 1. The smallest absolute Gasteiger partial charge is 0.345 e. The van der Waals surface area contributed by atoms with Crippen molar-refractivity contribution in [3.63, 3.8) is 0 Å². The molecule has 1 aliphatic rings. The zero-order valence-corrected chi connectivity index (χ0v) is 16.3. The molecule has 0 radical (unpaired) electrons. The number of nitrogens with zero attached hydrogens (tertiary/aromatic N) is 5. The molecule has 0 spiro atoms. The summed E-state index contributed by atoms with van der Waals surface area (Å²) in [5.41, 5.74) is 2.23. The predicted molar refractivity (Wildman–Crippen MR) is 101 cm³/mol. The van der Waals surface area contributed by atoms with Crippen LogP contribution in [0, 0.1) is 0 Å². The van der Waals surface area contributed by atoms with Crippen molar-refractivity contribution in [3.05, 3.63) is 47.7 Å². The first kappa shape index (κ1) is 19.5. The molecule has 29 heavy (non-hydrogen) atoms. The summed E-state index contributed by atoms with van der Waals surface area (Å²) >= 11 is 0. The Morgan fingerprint density at radius 1 is 1.17 bits per heavy atom. The van der Waals surface area contributed by atoms with Gasteiger partial charge in [0.2, 0.25) is 11.7 Å². The quantitative estimate of drug-likeness (QED) is 0.663. The van der Waals surface area contributed by atoms with Gasteiger partial charge < -0.3 is 14.0 Å². The largest absolute Gasteiger partial charge is 0.451 e. The molecule has 0 atom stereocenters. The number of benzene rings is 1. The monoisotopic (exact) mass is 405 g/mol. The second-order valence-electron chi connectivity index (χ2n) is 7.58. The van der Waals surface area contributed by atoms with Gasteiger partial charge in [0.05, 0.1) is 6.54 Å². The summed E-state index contributed by atoms with van der Waals surface area (Å²) in [6.07, 6.45) is -1.57. The molecule has 0 saturated carbocycles. The van der Waals surface area contributed by atoms with Gasteiger partial charge in [-0.15, -0.1) is 10.2 Å². The maximum absolute atomic E-state index is 13.0. The van der Waals surface area contributed by atoms with Crippen LogP contribution in [-0.2, 0) is 30.5 Å². The van der Waals surface area contributed by atoms with E-state index in [-0.39, 0.29) is 31.4 Å². The van der Waals surface area contributed by atoms with E-state index in [2.05, 4.69) is 46.9 Å². The van der Waals surface area contributed by atoms with Crippen molar-refractivity contribution in [2.45, 2.75) is 52.0 Å². The molecule has 3 heterocycles. The third-order valence-corrected chi connectivity index (χ3v) is 5.35. The Labute approximate surface area is 165 Å². The summed E-state index contributed by atoms with van der Waals surface area (Å²) in [5, 5.41) is 8.02. The van der Waals surface area contributed by atoms with Crippen molar-refractivity contribution in [2.24, 2.45) is 0 Å². The van der Waals surface area contributed by atoms with Crippen molar-refractivity contribution in [1.82, 2.24) is 24.2 Å². The lowest BCUT2D eigenvalue weighted by atomic mass is 10.1. The first-order valence-corrected chi connectivity index (χ1v) is 9.61. The van der Waals surface area contributed by atoms with Crippen molar-refractivity contribution in [2.75, 3.05) is 6.54 Å². The van der Waals surface area contributed by atoms with Gasteiger partial charge in [-0.1, -0.05) is 18.2 Å². The Hall–Kier alpha value is -2.84. The number of amides is 1. The SMILES string of the molecule is CC(C)n1cc(CCC(=O)N2CCn3c(nnc3C(F)(F)F)C2)c2ccccc21. The molecule has 1 amide bonds. The molecule has 3 aromatic rings. The van der Waals surface area contributed by atoms with Crippen LogP contribution in [0.4, 0.5) is 13.2 Å². The molecule has 1 aliphatic heterocycles. The lowest BCUT2D eigenvalue weighted by Gasteiger charge is -2.28.